The number of aliphatic hydroxyl groups excluding tert-OH is 1. The van der Waals surface area contributed by atoms with Crippen LogP contribution in [0, 0.1) is 5.41 Å². The number of carbonyl (C=O) groups excluding carboxylic acids is 8. The second-order valence-electron chi connectivity index (χ2n) is 16.3. The molecule has 1 heterocycles. The first-order valence-corrected chi connectivity index (χ1v) is 23.0. The van der Waals surface area contributed by atoms with Crippen LogP contribution >= 0.6 is 0 Å². The highest BCUT2D eigenvalue weighted by atomic mass is 16.4. The summed E-state index contributed by atoms with van der Waals surface area (Å²) in [6.07, 6.45) is 4.34. The Balaban J connectivity index is 3.07. The number of hydrogen-bond donors (Lipinski definition) is 17. The third-order valence-corrected chi connectivity index (χ3v) is 10.8. The molecule has 0 aromatic rings. The zero-order valence-corrected chi connectivity index (χ0v) is 39.4. The number of nitrogens with two attached hydrogens (primary N) is 6. The first-order valence-electron chi connectivity index (χ1n) is 23.0. The number of nitrogens with one attached hydrogen (secondary N) is 9. The van der Waals surface area contributed by atoms with Crippen LogP contribution in [0.3, 0.4) is 0 Å². The Morgan fingerprint density at radius 2 is 1.41 bits per heavy atom. The topological polar surface area (TPSA) is 474 Å². The molecule has 0 spiro atoms. The Labute approximate surface area is 401 Å². The fourth-order valence-corrected chi connectivity index (χ4v) is 6.92. The Bertz CT molecular complexity index is 1790. The maximum atomic E-state index is 14.0. The van der Waals surface area contributed by atoms with Crippen molar-refractivity contribution in [3.05, 3.63) is 24.4 Å². The Morgan fingerprint density at radius 3 is 2.00 bits per heavy atom. The Morgan fingerprint density at radius 1 is 0.768 bits per heavy atom. The van der Waals surface area contributed by atoms with E-state index in [2.05, 4.69) is 49.1 Å². The smallest absolute Gasteiger partial charge is 0.352 e. The summed E-state index contributed by atoms with van der Waals surface area (Å²) < 4.78 is 0. The third-order valence-electron chi connectivity index (χ3n) is 10.8. The van der Waals surface area contributed by atoms with Crippen molar-refractivity contribution in [2.24, 2.45) is 34.4 Å². The molecule has 23 N–H and O–H groups in total. The van der Waals surface area contributed by atoms with Crippen LogP contribution in [0.1, 0.15) is 84.0 Å². The van der Waals surface area contributed by atoms with Crippen molar-refractivity contribution in [1.82, 2.24) is 47.4 Å². The lowest BCUT2D eigenvalue weighted by Crippen LogP contribution is -2.60. The van der Waals surface area contributed by atoms with Gasteiger partial charge in [-0.25, -0.2) is 4.79 Å². The van der Waals surface area contributed by atoms with Crippen LogP contribution in [0.4, 0.5) is 0 Å². The quantitative estimate of drug-likeness (QED) is 0.00937. The van der Waals surface area contributed by atoms with Gasteiger partial charge in [-0.05, 0) is 97.2 Å². The molecular weight excluding hydrogens is 905 g/mol. The number of aliphatic hydroxyl groups is 1. The van der Waals surface area contributed by atoms with Gasteiger partial charge in [-0.1, -0.05) is 18.6 Å². The lowest BCUT2D eigenvalue weighted by atomic mass is 10.1. The number of likely N-dealkylation sites (tertiary alicyclic amines) is 1. The van der Waals surface area contributed by atoms with Crippen LogP contribution in [-0.4, -0.2) is 169 Å². The Hall–Kier alpha value is -6.26. The highest BCUT2D eigenvalue weighted by Gasteiger charge is 2.39. The van der Waals surface area contributed by atoms with Crippen molar-refractivity contribution in [2.75, 3.05) is 45.8 Å². The van der Waals surface area contributed by atoms with E-state index in [9.17, 15) is 53.4 Å². The molecule has 1 aliphatic rings. The number of unbranched alkanes of at least 4 members (excludes halogenated alkanes) is 2. The van der Waals surface area contributed by atoms with Crippen molar-refractivity contribution in [3.8, 4) is 0 Å². The number of carboxylic acid groups (broad SMARTS) is 1. The van der Waals surface area contributed by atoms with Crippen molar-refractivity contribution < 1.29 is 53.4 Å². The first-order chi connectivity index (χ1) is 32.8. The zero-order valence-electron chi connectivity index (χ0n) is 39.4. The van der Waals surface area contributed by atoms with Gasteiger partial charge in [0.05, 0.1) is 18.7 Å². The third kappa shape index (κ3) is 22.6. The van der Waals surface area contributed by atoms with Gasteiger partial charge in [0.1, 0.15) is 41.9 Å². The molecule has 1 aliphatic heterocycles. The molecule has 0 unspecified atom stereocenters. The summed E-state index contributed by atoms with van der Waals surface area (Å²) in [4.78, 5) is 120. The van der Waals surface area contributed by atoms with E-state index in [4.69, 9.17) is 39.8 Å². The van der Waals surface area contributed by atoms with Crippen LogP contribution < -0.4 is 76.9 Å². The number of carbonyl (C=O) groups is 9. The normalized spacial score (nSPS) is 16.5. The molecule has 0 aromatic carbocycles. The van der Waals surface area contributed by atoms with E-state index >= 15 is 0 Å². The molecule has 0 aromatic heterocycles. The highest BCUT2D eigenvalue weighted by Crippen LogP contribution is 2.20. The van der Waals surface area contributed by atoms with Crippen molar-refractivity contribution in [3.63, 3.8) is 0 Å². The largest absolute Gasteiger partial charge is 0.477 e. The predicted octanol–water partition coefficient (Wildman–Crippen LogP) is -6.28. The minimum absolute atomic E-state index is 0.0583. The standard InChI is InChI=1S/C42H76N16O11/c1-3-11-26(36(63)54-27(13-5-7-18-44)37(64)56-29(41(68)69)15-9-20-50-42(48)49)55-38(65)30-16-10-21-58(30)40(67)28(14-8-19-45)53-32(60)23-51-34(61)24(2)52-39(66)33(31(59)22-46)57-35(62)25(47)12-4-6-17-43/h3,15,24-28,30-31,33,59H,1,4-14,16-23,43-47H2,2H3,(H,51,61)(H,52,66)(H,53,60)(H,54,63)(H,55,65)(H,56,64)(H,57,62)(H,68,69)(H4,48,49,50)/b29-15-/t24-,25-,26-,27-,28+,30-,31-,33-/m0/s1. The molecule has 0 radical (unpaired) electrons. The summed E-state index contributed by atoms with van der Waals surface area (Å²) >= 11 is 0. The van der Waals surface area contributed by atoms with Crippen LogP contribution in [0.5, 0.6) is 0 Å². The van der Waals surface area contributed by atoms with Gasteiger partial charge in [-0.2, -0.15) is 0 Å². The average Bonchev–Trinajstić information content (AvgIpc) is 3.81. The van der Waals surface area contributed by atoms with E-state index in [1.165, 1.54) is 24.0 Å². The number of carboxylic acids is 1. The van der Waals surface area contributed by atoms with Crippen molar-refractivity contribution in [1.29, 1.82) is 5.41 Å². The number of amides is 8. The molecule has 8 amide bonds. The molecular formula is C42H76N16O11. The molecule has 8 atom stereocenters. The number of hydrogen-bond acceptors (Lipinski definition) is 16. The summed E-state index contributed by atoms with van der Waals surface area (Å²) in [7, 11) is 0. The number of rotatable bonds is 34. The molecule has 27 heteroatoms. The van der Waals surface area contributed by atoms with Gasteiger partial charge in [0.25, 0.3) is 0 Å². The van der Waals surface area contributed by atoms with Crippen LogP contribution in [0.15, 0.2) is 24.4 Å². The zero-order chi connectivity index (χ0) is 52.1. The van der Waals surface area contributed by atoms with Gasteiger partial charge in [0, 0.05) is 19.6 Å². The lowest BCUT2D eigenvalue weighted by molar-refractivity contribution is -0.142. The minimum atomic E-state index is -1.56. The summed E-state index contributed by atoms with van der Waals surface area (Å²) in [5.41, 5.74) is 33.1. The molecule has 390 valence electrons. The fourth-order valence-electron chi connectivity index (χ4n) is 6.92. The van der Waals surface area contributed by atoms with Gasteiger partial charge in [0.15, 0.2) is 5.96 Å². The van der Waals surface area contributed by atoms with Crippen LogP contribution in [-0.2, 0) is 43.2 Å². The first kappa shape index (κ1) is 60.8. The monoisotopic (exact) mass is 981 g/mol. The molecule has 0 aliphatic carbocycles. The van der Waals surface area contributed by atoms with Gasteiger partial charge < -0.3 is 92.0 Å². The van der Waals surface area contributed by atoms with Gasteiger partial charge >= 0.3 is 5.97 Å². The van der Waals surface area contributed by atoms with Crippen LogP contribution in [0.25, 0.3) is 0 Å². The fraction of sp³-hybridized carbons (Fsp3) is 0.667. The Kier molecular flexibility index (Phi) is 29.3. The van der Waals surface area contributed by atoms with E-state index in [0.29, 0.717) is 38.6 Å². The molecule has 69 heavy (non-hydrogen) atoms. The van der Waals surface area contributed by atoms with E-state index in [0.717, 1.165) is 0 Å². The highest BCUT2D eigenvalue weighted by molar-refractivity contribution is 5.99. The summed E-state index contributed by atoms with van der Waals surface area (Å²) in [6, 6.07) is -8.64. The van der Waals surface area contributed by atoms with Gasteiger partial charge in [0.2, 0.25) is 47.3 Å². The van der Waals surface area contributed by atoms with Crippen molar-refractivity contribution in [2.45, 2.75) is 132 Å². The summed E-state index contributed by atoms with van der Waals surface area (Å²) in [5, 5.41) is 47.0. The summed E-state index contributed by atoms with van der Waals surface area (Å²) in [5.74, 6) is -8.06. The van der Waals surface area contributed by atoms with Crippen LogP contribution in [0.2, 0.25) is 0 Å². The van der Waals surface area contributed by atoms with Gasteiger partial charge in [-0.3, -0.25) is 43.8 Å². The minimum Gasteiger partial charge on any atom is -0.477 e. The molecule has 27 nitrogen and oxygen atoms in total. The van der Waals surface area contributed by atoms with E-state index in [-0.39, 0.29) is 77.1 Å². The SMILES string of the molecule is C=CC[C@H](NC(=O)[C@@H]1CCCN1C(=O)[C@@H](CCCN)NC(=O)CNC(=O)[C@H](C)NC(=O)[C@@H](NC(=O)[C@@H](N)CCCCN)[C@@H](O)CN)C(=O)N[C@@H](CCCCN)C(=O)N/C(=C\CCNC(=N)N)C(=O)O. The average molecular weight is 981 g/mol. The van der Waals surface area contributed by atoms with E-state index in [1.807, 2.05) is 0 Å². The number of nitrogens with zero attached hydrogens (tertiary/aromatic N) is 1. The second-order valence-corrected chi connectivity index (χ2v) is 16.3. The van der Waals surface area contributed by atoms with Crippen molar-refractivity contribution >= 4 is 59.2 Å². The summed E-state index contributed by atoms with van der Waals surface area (Å²) in [6.45, 7) is 4.96. The predicted molar refractivity (Wildman–Crippen MR) is 253 cm³/mol. The lowest BCUT2D eigenvalue weighted by Gasteiger charge is -2.30. The molecule has 1 rings (SSSR count). The number of aliphatic carboxylic acids is 1. The molecule has 0 saturated carbocycles. The van der Waals surface area contributed by atoms with Gasteiger partial charge in [-0.15, -0.1) is 6.58 Å². The number of guanidine groups is 1. The second kappa shape index (κ2) is 33.3. The molecule has 0 bridgehead atoms. The maximum Gasteiger partial charge on any atom is 0.352 e. The van der Waals surface area contributed by atoms with E-state index in [1.54, 1.807) is 0 Å². The maximum absolute atomic E-state index is 14.0. The molecule has 1 saturated heterocycles. The molecule has 1 fully saturated rings. The van der Waals surface area contributed by atoms with E-state index < -0.39 is 120 Å².